The van der Waals surface area contributed by atoms with Crippen molar-refractivity contribution in [3.63, 3.8) is 0 Å². The average molecular weight is 339 g/mol. The molecular weight excluding hydrogens is 308 g/mol. The van der Waals surface area contributed by atoms with Gasteiger partial charge in [-0.2, -0.15) is 0 Å². The van der Waals surface area contributed by atoms with E-state index in [1.165, 1.54) is 41.3 Å². The van der Waals surface area contributed by atoms with Gasteiger partial charge in [-0.15, -0.1) is 11.3 Å². The third-order valence-electron chi connectivity index (χ3n) is 3.87. The van der Waals surface area contributed by atoms with Gasteiger partial charge < -0.3 is 15.4 Å². The molecule has 5 nitrogen and oxygen atoms in total. The number of aryl methyl sites for hydroxylation is 3. The van der Waals surface area contributed by atoms with Gasteiger partial charge in [-0.3, -0.25) is 4.99 Å². The normalized spacial score (nSPS) is 14.6. The summed E-state index contributed by atoms with van der Waals surface area (Å²) in [6, 6.07) is 0. The summed E-state index contributed by atoms with van der Waals surface area (Å²) < 4.78 is 5.06. The summed E-state index contributed by atoms with van der Waals surface area (Å²) in [5, 5.41) is 7.92. The zero-order chi connectivity index (χ0) is 16.3. The third-order valence-corrected chi connectivity index (χ3v) is 5.09. The maximum atomic E-state index is 5.06. The van der Waals surface area contributed by atoms with E-state index in [0.717, 1.165) is 51.5 Å². The van der Waals surface area contributed by atoms with Crippen molar-refractivity contribution in [1.29, 1.82) is 0 Å². The molecule has 130 valence electrons. The van der Waals surface area contributed by atoms with E-state index in [1.54, 1.807) is 7.11 Å². The Kier molecular flexibility index (Phi) is 8.39. The van der Waals surface area contributed by atoms with Crippen molar-refractivity contribution in [2.45, 2.75) is 51.9 Å². The summed E-state index contributed by atoms with van der Waals surface area (Å²) in [5.74, 6) is 0.905. The quantitative estimate of drug-likeness (QED) is 0.413. The maximum Gasteiger partial charge on any atom is 0.191 e. The van der Waals surface area contributed by atoms with E-state index in [-0.39, 0.29) is 0 Å². The highest BCUT2D eigenvalue weighted by Crippen LogP contribution is 2.27. The lowest BCUT2D eigenvalue weighted by Crippen LogP contribution is -2.38. The standard InChI is InChI=1S/C17H30N4OS/c1-3-18-17(20-12-7-13-22-2)19-11-6-10-16-21-14-8-4-5-9-15(14)23-16/h3-13H2,1-2H3,(H2,18,19,20). The van der Waals surface area contributed by atoms with Gasteiger partial charge in [0.05, 0.1) is 10.7 Å². The van der Waals surface area contributed by atoms with Crippen molar-refractivity contribution in [2.75, 3.05) is 33.4 Å². The number of guanidine groups is 1. The number of ether oxygens (including phenoxy) is 1. The molecular formula is C17H30N4OS. The Hall–Kier alpha value is -1.14. The molecule has 1 aromatic heterocycles. The van der Waals surface area contributed by atoms with Crippen LogP contribution in [0.3, 0.4) is 0 Å². The Balaban J connectivity index is 1.71. The van der Waals surface area contributed by atoms with Crippen molar-refractivity contribution < 1.29 is 4.74 Å². The molecule has 0 radical (unpaired) electrons. The van der Waals surface area contributed by atoms with Crippen LogP contribution in [0.2, 0.25) is 0 Å². The van der Waals surface area contributed by atoms with Crippen LogP contribution in [0.5, 0.6) is 0 Å². The molecule has 1 aliphatic rings. The van der Waals surface area contributed by atoms with E-state index >= 15 is 0 Å². The maximum absolute atomic E-state index is 5.06. The molecule has 0 fully saturated rings. The van der Waals surface area contributed by atoms with Crippen molar-refractivity contribution in [2.24, 2.45) is 4.99 Å². The molecule has 0 aliphatic heterocycles. The van der Waals surface area contributed by atoms with Gasteiger partial charge in [0, 0.05) is 44.6 Å². The molecule has 0 amide bonds. The lowest BCUT2D eigenvalue weighted by molar-refractivity contribution is 0.195. The highest BCUT2D eigenvalue weighted by atomic mass is 32.1. The van der Waals surface area contributed by atoms with Crippen molar-refractivity contribution in [3.8, 4) is 0 Å². The number of thiazole rings is 1. The van der Waals surface area contributed by atoms with E-state index in [1.807, 2.05) is 11.3 Å². The first kappa shape index (κ1) is 18.2. The van der Waals surface area contributed by atoms with Crippen molar-refractivity contribution >= 4 is 17.3 Å². The van der Waals surface area contributed by atoms with Gasteiger partial charge in [0.2, 0.25) is 0 Å². The smallest absolute Gasteiger partial charge is 0.191 e. The summed E-state index contributed by atoms with van der Waals surface area (Å²) in [6.45, 7) is 5.48. The highest BCUT2D eigenvalue weighted by molar-refractivity contribution is 7.11. The van der Waals surface area contributed by atoms with Crippen molar-refractivity contribution in [1.82, 2.24) is 15.6 Å². The Labute approximate surface area is 144 Å². The number of aliphatic imine (C=N–C) groups is 1. The minimum atomic E-state index is 0.779. The van der Waals surface area contributed by atoms with E-state index in [2.05, 4.69) is 22.5 Å². The number of nitrogens with one attached hydrogen (secondary N) is 2. The molecule has 0 aromatic carbocycles. The van der Waals surface area contributed by atoms with Gasteiger partial charge in [0.1, 0.15) is 0 Å². The molecule has 0 spiro atoms. The van der Waals surface area contributed by atoms with Crippen LogP contribution in [0.15, 0.2) is 4.99 Å². The molecule has 1 aromatic rings. The zero-order valence-corrected chi connectivity index (χ0v) is 15.3. The largest absolute Gasteiger partial charge is 0.385 e. The third kappa shape index (κ3) is 6.47. The molecule has 23 heavy (non-hydrogen) atoms. The van der Waals surface area contributed by atoms with Crippen LogP contribution in [-0.4, -0.2) is 44.3 Å². The van der Waals surface area contributed by atoms with Crippen LogP contribution in [0.25, 0.3) is 0 Å². The summed E-state index contributed by atoms with van der Waals surface area (Å²) in [7, 11) is 1.73. The Morgan fingerprint density at radius 3 is 2.91 bits per heavy atom. The fourth-order valence-electron chi connectivity index (χ4n) is 2.70. The van der Waals surface area contributed by atoms with Gasteiger partial charge >= 0.3 is 0 Å². The monoisotopic (exact) mass is 338 g/mol. The van der Waals surface area contributed by atoms with Crippen LogP contribution in [0.1, 0.15) is 48.2 Å². The summed E-state index contributed by atoms with van der Waals surface area (Å²) in [4.78, 5) is 11.0. The van der Waals surface area contributed by atoms with Crippen LogP contribution < -0.4 is 10.6 Å². The van der Waals surface area contributed by atoms with Gasteiger partial charge in [-0.1, -0.05) is 0 Å². The fraction of sp³-hybridized carbons (Fsp3) is 0.765. The average Bonchev–Trinajstić information content (AvgIpc) is 2.98. The first-order chi connectivity index (χ1) is 11.3. The number of hydrogen-bond acceptors (Lipinski definition) is 4. The highest BCUT2D eigenvalue weighted by Gasteiger charge is 2.14. The predicted molar refractivity (Wildman–Crippen MR) is 97.6 cm³/mol. The molecule has 0 unspecified atom stereocenters. The van der Waals surface area contributed by atoms with Gasteiger partial charge in [-0.25, -0.2) is 4.98 Å². The second kappa shape index (κ2) is 10.6. The van der Waals surface area contributed by atoms with Gasteiger partial charge in [0.15, 0.2) is 5.96 Å². The predicted octanol–water partition coefficient (Wildman–Crippen LogP) is 2.55. The van der Waals surface area contributed by atoms with Gasteiger partial charge in [0.25, 0.3) is 0 Å². The molecule has 0 atom stereocenters. The number of methoxy groups -OCH3 is 1. The number of aromatic nitrogens is 1. The van der Waals surface area contributed by atoms with E-state index in [4.69, 9.17) is 9.72 Å². The van der Waals surface area contributed by atoms with E-state index in [9.17, 15) is 0 Å². The number of fused-ring (bicyclic) bond motifs is 1. The van der Waals surface area contributed by atoms with E-state index < -0.39 is 0 Å². The minimum absolute atomic E-state index is 0.779. The minimum Gasteiger partial charge on any atom is -0.385 e. The van der Waals surface area contributed by atoms with Crippen LogP contribution in [0, 0.1) is 0 Å². The first-order valence-electron chi connectivity index (χ1n) is 8.82. The molecule has 0 saturated heterocycles. The Morgan fingerprint density at radius 1 is 1.26 bits per heavy atom. The molecule has 6 heteroatoms. The molecule has 2 rings (SSSR count). The SMILES string of the molecule is CCNC(=NCCCc1nc2c(s1)CCCC2)NCCCOC. The second-order valence-corrected chi connectivity index (χ2v) is 6.99. The lowest BCUT2D eigenvalue weighted by Gasteiger charge is -2.10. The summed E-state index contributed by atoms with van der Waals surface area (Å²) >= 11 is 1.92. The Bertz CT molecular complexity index is 463. The van der Waals surface area contributed by atoms with Gasteiger partial charge in [-0.05, 0) is 45.4 Å². The fourth-order valence-corrected chi connectivity index (χ4v) is 3.90. The summed E-state index contributed by atoms with van der Waals surface area (Å²) in [5.41, 5.74) is 1.37. The molecule has 2 N–H and O–H groups in total. The molecule has 1 aliphatic carbocycles. The van der Waals surface area contributed by atoms with Crippen molar-refractivity contribution in [3.05, 3.63) is 15.6 Å². The summed E-state index contributed by atoms with van der Waals surface area (Å²) in [6.07, 6.45) is 8.15. The number of nitrogens with zero attached hydrogens (tertiary/aromatic N) is 2. The second-order valence-electron chi connectivity index (χ2n) is 5.82. The van der Waals surface area contributed by atoms with Crippen LogP contribution in [0.4, 0.5) is 0 Å². The topological polar surface area (TPSA) is 58.5 Å². The first-order valence-corrected chi connectivity index (χ1v) is 9.63. The number of hydrogen-bond donors (Lipinski definition) is 2. The molecule has 0 bridgehead atoms. The molecule has 0 saturated carbocycles. The zero-order valence-electron chi connectivity index (χ0n) is 14.5. The van der Waals surface area contributed by atoms with Crippen LogP contribution in [-0.2, 0) is 24.0 Å². The number of rotatable bonds is 9. The Morgan fingerprint density at radius 2 is 2.13 bits per heavy atom. The van der Waals surface area contributed by atoms with E-state index in [0.29, 0.717) is 0 Å². The van der Waals surface area contributed by atoms with Crippen LogP contribution >= 0.6 is 11.3 Å². The lowest BCUT2D eigenvalue weighted by atomic mass is 10.0. The molecule has 1 heterocycles.